The van der Waals surface area contributed by atoms with E-state index < -0.39 is 23.4 Å². The van der Waals surface area contributed by atoms with Gasteiger partial charge < -0.3 is 4.74 Å². The van der Waals surface area contributed by atoms with Crippen molar-refractivity contribution < 1.29 is 23.1 Å². The van der Waals surface area contributed by atoms with Crippen molar-refractivity contribution in [2.45, 2.75) is 13.3 Å². The molecule has 1 aliphatic rings. The summed E-state index contributed by atoms with van der Waals surface area (Å²) in [5, 5.41) is -0.319. The van der Waals surface area contributed by atoms with Crippen LogP contribution in [0.15, 0.2) is 47.5 Å². The number of halogens is 3. The van der Waals surface area contributed by atoms with Gasteiger partial charge in [0, 0.05) is 6.07 Å². The Labute approximate surface area is 153 Å². The van der Waals surface area contributed by atoms with E-state index in [-0.39, 0.29) is 16.3 Å². The molecule has 2 aromatic carbocycles. The average molecular weight is 378 g/mol. The van der Waals surface area contributed by atoms with E-state index in [1.807, 2.05) is 6.92 Å². The molecule has 26 heavy (non-hydrogen) atoms. The predicted octanol–water partition coefficient (Wildman–Crippen LogP) is 4.28. The van der Waals surface area contributed by atoms with Crippen LogP contribution in [0.2, 0.25) is 0 Å². The van der Waals surface area contributed by atoms with Crippen molar-refractivity contribution in [2.75, 3.05) is 11.5 Å². The molecule has 7 heteroatoms. The van der Waals surface area contributed by atoms with Crippen LogP contribution in [0.5, 0.6) is 5.75 Å². The number of imide groups is 1. The second kappa shape index (κ2) is 7.25. The molecule has 0 saturated heterocycles. The van der Waals surface area contributed by atoms with Crippen LogP contribution in [-0.2, 0) is 9.59 Å². The fraction of sp³-hybridized carbons (Fsp3) is 0.158. The van der Waals surface area contributed by atoms with E-state index in [0.717, 1.165) is 18.6 Å². The van der Waals surface area contributed by atoms with E-state index in [4.69, 9.17) is 16.3 Å². The molecular weight excluding hydrogens is 364 g/mol. The van der Waals surface area contributed by atoms with Crippen molar-refractivity contribution in [1.82, 2.24) is 0 Å². The molecule has 2 amide bonds. The number of ether oxygens (including phenoxy) is 1. The Balaban J connectivity index is 1.94. The van der Waals surface area contributed by atoms with Crippen LogP contribution in [-0.4, -0.2) is 18.4 Å². The van der Waals surface area contributed by atoms with Gasteiger partial charge in [0.05, 0.1) is 17.9 Å². The lowest BCUT2D eigenvalue weighted by molar-refractivity contribution is -0.119. The van der Waals surface area contributed by atoms with Crippen LogP contribution in [0.4, 0.5) is 14.5 Å². The summed E-state index contributed by atoms with van der Waals surface area (Å²) >= 11 is 6.05. The molecule has 4 nitrogen and oxygen atoms in total. The highest BCUT2D eigenvalue weighted by atomic mass is 35.5. The highest BCUT2D eigenvalue weighted by molar-refractivity contribution is 6.60. The minimum absolute atomic E-state index is 0.0394. The zero-order chi connectivity index (χ0) is 18.8. The van der Waals surface area contributed by atoms with Crippen LogP contribution < -0.4 is 9.64 Å². The van der Waals surface area contributed by atoms with Crippen molar-refractivity contribution in [3.05, 3.63) is 64.7 Å². The van der Waals surface area contributed by atoms with Crippen molar-refractivity contribution in [2.24, 2.45) is 0 Å². The summed E-state index contributed by atoms with van der Waals surface area (Å²) in [6.45, 7) is 2.53. The van der Waals surface area contributed by atoms with Gasteiger partial charge in [0.25, 0.3) is 11.8 Å². The van der Waals surface area contributed by atoms with Crippen LogP contribution in [0, 0.1) is 11.6 Å². The standard InChI is InChI=1S/C19H14ClF2NO3/c1-2-9-26-13-6-3-11(4-7-13)16-17(20)19(25)23(18(16)24)15-8-5-12(21)10-14(15)22/h3-8,10H,2,9H2,1H3. The number of carbonyl (C=O) groups is 2. The summed E-state index contributed by atoms with van der Waals surface area (Å²) in [6, 6.07) is 9.08. The van der Waals surface area contributed by atoms with Crippen LogP contribution in [0.1, 0.15) is 18.9 Å². The lowest BCUT2D eigenvalue weighted by atomic mass is 10.1. The number of carbonyl (C=O) groups excluding carboxylic acids is 2. The lowest BCUT2D eigenvalue weighted by Crippen LogP contribution is -2.32. The van der Waals surface area contributed by atoms with E-state index in [1.165, 1.54) is 0 Å². The zero-order valence-electron chi connectivity index (χ0n) is 13.8. The maximum Gasteiger partial charge on any atom is 0.277 e. The molecule has 1 aliphatic heterocycles. The molecule has 134 valence electrons. The summed E-state index contributed by atoms with van der Waals surface area (Å²) in [6.07, 6.45) is 0.851. The maximum atomic E-state index is 14.0. The van der Waals surface area contributed by atoms with Crippen molar-refractivity contribution in [1.29, 1.82) is 0 Å². The van der Waals surface area contributed by atoms with Gasteiger partial charge in [-0.3, -0.25) is 9.59 Å². The molecule has 0 fully saturated rings. The van der Waals surface area contributed by atoms with E-state index >= 15 is 0 Å². The van der Waals surface area contributed by atoms with Gasteiger partial charge in [-0.1, -0.05) is 30.7 Å². The summed E-state index contributed by atoms with van der Waals surface area (Å²) in [7, 11) is 0. The summed E-state index contributed by atoms with van der Waals surface area (Å²) in [5.74, 6) is -2.85. The normalized spacial score (nSPS) is 14.4. The van der Waals surface area contributed by atoms with Gasteiger partial charge in [0.15, 0.2) is 0 Å². The molecule has 0 unspecified atom stereocenters. The fourth-order valence-electron chi connectivity index (χ4n) is 2.57. The molecule has 2 aromatic rings. The molecule has 0 N–H and O–H groups in total. The minimum atomic E-state index is -1.03. The van der Waals surface area contributed by atoms with Crippen molar-refractivity contribution in [3.8, 4) is 5.75 Å². The quantitative estimate of drug-likeness (QED) is 0.731. The Kier molecular flexibility index (Phi) is 5.04. The first-order valence-electron chi connectivity index (χ1n) is 7.91. The second-order valence-corrected chi connectivity index (χ2v) is 5.98. The first-order chi connectivity index (χ1) is 12.4. The zero-order valence-corrected chi connectivity index (χ0v) is 14.5. The Hall–Kier alpha value is -2.73. The number of nitrogens with zero attached hydrogens (tertiary/aromatic N) is 1. The maximum absolute atomic E-state index is 14.0. The fourth-order valence-corrected chi connectivity index (χ4v) is 2.85. The molecule has 0 spiro atoms. The smallest absolute Gasteiger partial charge is 0.277 e. The number of benzene rings is 2. The highest BCUT2D eigenvalue weighted by Gasteiger charge is 2.40. The number of hydrogen-bond acceptors (Lipinski definition) is 3. The van der Waals surface area contributed by atoms with Gasteiger partial charge in [-0.25, -0.2) is 13.7 Å². The summed E-state index contributed by atoms with van der Waals surface area (Å²) in [5.41, 5.74) is 0.0158. The molecule has 0 aliphatic carbocycles. The van der Waals surface area contributed by atoms with Gasteiger partial charge in [0.1, 0.15) is 22.4 Å². The number of anilines is 1. The van der Waals surface area contributed by atoms with Crippen LogP contribution >= 0.6 is 11.6 Å². The molecule has 0 bridgehead atoms. The number of amides is 2. The van der Waals surface area contributed by atoms with Crippen LogP contribution in [0.3, 0.4) is 0 Å². The second-order valence-electron chi connectivity index (χ2n) is 5.60. The third-order valence-electron chi connectivity index (χ3n) is 3.79. The molecule has 0 aromatic heterocycles. The van der Waals surface area contributed by atoms with E-state index in [9.17, 15) is 18.4 Å². The van der Waals surface area contributed by atoms with Crippen LogP contribution in [0.25, 0.3) is 5.57 Å². The minimum Gasteiger partial charge on any atom is -0.494 e. The van der Waals surface area contributed by atoms with Crippen molar-refractivity contribution >= 4 is 34.7 Å². The van der Waals surface area contributed by atoms with E-state index in [0.29, 0.717) is 28.9 Å². The highest BCUT2D eigenvalue weighted by Crippen LogP contribution is 2.36. The Bertz CT molecular complexity index is 910. The predicted molar refractivity (Wildman–Crippen MR) is 93.9 cm³/mol. The Morgan fingerprint density at radius 2 is 1.73 bits per heavy atom. The van der Waals surface area contributed by atoms with E-state index in [1.54, 1.807) is 24.3 Å². The molecule has 3 rings (SSSR count). The first-order valence-corrected chi connectivity index (χ1v) is 8.28. The molecule has 0 atom stereocenters. The monoisotopic (exact) mass is 377 g/mol. The third-order valence-corrected chi connectivity index (χ3v) is 4.14. The molecule has 0 saturated carbocycles. The number of rotatable bonds is 5. The lowest BCUT2D eigenvalue weighted by Gasteiger charge is -2.15. The third kappa shape index (κ3) is 3.20. The topological polar surface area (TPSA) is 46.6 Å². The number of hydrogen-bond donors (Lipinski definition) is 0. The van der Waals surface area contributed by atoms with Gasteiger partial charge >= 0.3 is 0 Å². The average Bonchev–Trinajstić information content (AvgIpc) is 2.84. The Morgan fingerprint density at radius 1 is 1.04 bits per heavy atom. The first kappa shape index (κ1) is 18.1. The van der Waals surface area contributed by atoms with Gasteiger partial charge in [-0.2, -0.15) is 0 Å². The molecule has 1 heterocycles. The molecule has 0 radical (unpaired) electrons. The summed E-state index contributed by atoms with van der Waals surface area (Å²) < 4.78 is 32.6. The van der Waals surface area contributed by atoms with Crippen molar-refractivity contribution in [3.63, 3.8) is 0 Å². The van der Waals surface area contributed by atoms with Gasteiger partial charge in [-0.05, 0) is 36.2 Å². The largest absolute Gasteiger partial charge is 0.494 e. The molecular formula is C19H14ClF2NO3. The Morgan fingerprint density at radius 3 is 2.35 bits per heavy atom. The summed E-state index contributed by atoms with van der Waals surface area (Å²) in [4.78, 5) is 25.7. The van der Waals surface area contributed by atoms with E-state index in [2.05, 4.69) is 0 Å². The van der Waals surface area contributed by atoms with Gasteiger partial charge in [0.2, 0.25) is 0 Å². The SMILES string of the molecule is CCCOc1ccc(C2=C(Cl)C(=O)N(c3ccc(F)cc3F)C2=O)cc1. The van der Waals surface area contributed by atoms with Gasteiger partial charge in [-0.15, -0.1) is 0 Å².